The number of benzene rings is 9. The van der Waals surface area contributed by atoms with Gasteiger partial charge >= 0.3 is 0 Å². The van der Waals surface area contributed by atoms with E-state index in [1.165, 1.54) is 94.3 Å². The van der Waals surface area contributed by atoms with Crippen LogP contribution in [0.3, 0.4) is 0 Å². The van der Waals surface area contributed by atoms with Crippen molar-refractivity contribution in [3.8, 4) is 55.6 Å². The highest BCUT2D eigenvalue weighted by molar-refractivity contribution is 6.17. The third-order valence-electron chi connectivity index (χ3n) is 14.2. The van der Waals surface area contributed by atoms with Crippen molar-refractivity contribution < 1.29 is 4.42 Å². The van der Waals surface area contributed by atoms with Gasteiger partial charge in [0.15, 0.2) is 0 Å². The number of furan rings is 1. The maximum absolute atomic E-state index is 6.61. The first-order valence-corrected chi connectivity index (χ1v) is 21.2. The van der Waals surface area contributed by atoms with Crippen LogP contribution in [-0.4, -0.2) is 0 Å². The van der Waals surface area contributed by atoms with Crippen LogP contribution in [0.5, 0.6) is 0 Å². The van der Waals surface area contributed by atoms with E-state index in [1.54, 1.807) is 0 Å². The van der Waals surface area contributed by atoms with Gasteiger partial charge in [0.05, 0.1) is 5.69 Å². The van der Waals surface area contributed by atoms with Gasteiger partial charge in [-0.15, -0.1) is 0 Å². The molecule has 0 amide bonds. The molecule has 0 unspecified atom stereocenters. The Morgan fingerprint density at radius 1 is 0.383 bits per heavy atom. The van der Waals surface area contributed by atoms with E-state index in [1.807, 2.05) is 0 Å². The summed E-state index contributed by atoms with van der Waals surface area (Å²) in [6.07, 6.45) is 0. The van der Waals surface area contributed by atoms with E-state index in [0.29, 0.717) is 0 Å². The molecule has 0 saturated heterocycles. The average Bonchev–Trinajstić information content (AvgIpc) is 3.95. The second-order valence-corrected chi connectivity index (χ2v) is 18.1. The summed E-state index contributed by atoms with van der Waals surface area (Å²) >= 11 is 0. The van der Waals surface area contributed by atoms with Gasteiger partial charge in [0, 0.05) is 38.5 Å². The third-order valence-corrected chi connectivity index (χ3v) is 14.2. The number of hydrogen-bond donors (Lipinski definition) is 0. The first kappa shape index (κ1) is 33.8. The van der Waals surface area contributed by atoms with Crippen molar-refractivity contribution in [3.63, 3.8) is 0 Å². The number of nitrogens with zero attached hydrogens (tertiary/aromatic N) is 1. The Hall–Kier alpha value is -7.16. The molecule has 0 saturated carbocycles. The quantitative estimate of drug-likeness (QED) is 0.177. The molecule has 9 aromatic carbocycles. The van der Waals surface area contributed by atoms with E-state index in [0.717, 1.165) is 33.3 Å². The second-order valence-electron chi connectivity index (χ2n) is 18.1. The lowest BCUT2D eigenvalue weighted by atomic mass is 9.82. The molecular formula is C58H41NO. The first-order valence-electron chi connectivity index (χ1n) is 21.2. The topological polar surface area (TPSA) is 16.4 Å². The SMILES string of the molecule is CC1(C)c2ccccc2-c2ccc(N(c3ccc4oc5ccc(-c6cc7c8c(cccc8c6)-c6ccccc6-7)cc5c4c3)c3cccc4c3-c3ccccc3C4(C)C)cc21. The zero-order valence-corrected chi connectivity index (χ0v) is 34.1. The van der Waals surface area contributed by atoms with Gasteiger partial charge in [-0.05, 0) is 144 Å². The molecule has 284 valence electrons. The van der Waals surface area contributed by atoms with Crippen molar-refractivity contribution in [3.05, 3.63) is 198 Å². The van der Waals surface area contributed by atoms with Crippen molar-refractivity contribution >= 4 is 49.8 Å². The molecule has 0 atom stereocenters. The van der Waals surface area contributed by atoms with Crippen LogP contribution < -0.4 is 4.90 Å². The number of anilines is 3. The predicted octanol–water partition coefficient (Wildman–Crippen LogP) is 16.1. The molecule has 10 aromatic rings. The summed E-state index contributed by atoms with van der Waals surface area (Å²) in [5.74, 6) is 0. The average molecular weight is 768 g/mol. The van der Waals surface area contributed by atoms with Crippen molar-refractivity contribution in [2.45, 2.75) is 38.5 Å². The Bertz CT molecular complexity index is 3500. The molecule has 13 rings (SSSR count). The Kier molecular flexibility index (Phi) is 6.61. The standard InChI is InChI=1S/C58H41NO/c1-57(2)49-20-10-8-17-44(49)56-50(57)21-12-22-52(56)59(38-24-26-42-41-16-7-9-19-48(41)58(3,4)51(42)33-38)37-25-28-54-46(32-37)45-30-34(23-27-53(45)60-54)36-29-35-13-11-18-43-39-14-5-6-15-40(39)47(31-36)55(35)43/h5-33H,1-4H3. The van der Waals surface area contributed by atoms with Crippen LogP contribution in [0.25, 0.3) is 88.3 Å². The second kappa shape index (κ2) is 11.7. The lowest BCUT2D eigenvalue weighted by molar-refractivity contribution is 0.660. The number of hydrogen-bond acceptors (Lipinski definition) is 2. The van der Waals surface area contributed by atoms with Crippen LogP contribution in [-0.2, 0) is 10.8 Å². The molecule has 1 aromatic heterocycles. The molecule has 0 fully saturated rings. The molecule has 0 bridgehead atoms. The molecule has 0 spiro atoms. The van der Waals surface area contributed by atoms with Gasteiger partial charge in [-0.3, -0.25) is 0 Å². The largest absolute Gasteiger partial charge is 0.456 e. The Morgan fingerprint density at radius 2 is 0.967 bits per heavy atom. The van der Waals surface area contributed by atoms with Gasteiger partial charge in [-0.1, -0.05) is 143 Å². The fourth-order valence-corrected chi connectivity index (χ4v) is 11.2. The van der Waals surface area contributed by atoms with Crippen molar-refractivity contribution in [2.75, 3.05) is 4.90 Å². The normalized spacial score (nSPS) is 14.6. The van der Waals surface area contributed by atoms with Crippen molar-refractivity contribution in [1.29, 1.82) is 0 Å². The van der Waals surface area contributed by atoms with Gasteiger partial charge in [0.25, 0.3) is 0 Å². The van der Waals surface area contributed by atoms with Crippen molar-refractivity contribution in [1.82, 2.24) is 0 Å². The van der Waals surface area contributed by atoms with Gasteiger partial charge in [-0.2, -0.15) is 0 Å². The number of fused-ring (bicyclic) bond motifs is 12. The molecule has 1 heterocycles. The van der Waals surface area contributed by atoms with Crippen LogP contribution in [0.15, 0.2) is 180 Å². The van der Waals surface area contributed by atoms with E-state index in [4.69, 9.17) is 4.42 Å². The molecule has 0 radical (unpaired) electrons. The van der Waals surface area contributed by atoms with Gasteiger partial charge < -0.3 is 9.32 Å². The van der Waals surface area contributed by atoms with Gasteiger partial charge in [0.2, 0.25) is 0 Å². The smallest absolute Gasteiger partial charge is 0.135 e. The van der Waals surface area contributed by atoms with Gasteiger partial charge in [0.1, 0.15) is 11.2 Å². The molecule has 0 N–H and O–H groups in total. The van der Waals surface area contributed by atoms with E-state index in [2.05, 4.69) is 209 Å². The molecule has 2 heteroatoms. The summed E-state index contributed by atoms with van der Waals surface area (Å²) in [6, 6.07) is 65.6. The molecule has 60 heavy (non-hydrogen) atoms. The van der Waals surface area contributed by atoms with Gasteiger partial charge in [-0.25, -0.2) is 0 Å². The maximum Gasteiger partial charge on any atom is 0.135 e. The fourth-order valence-electron chi connectivity index (χ4n) is 11.2. The van der Waals surface area contributed by atoms with Crippen LogP contribution >= 0.6 is 0 Å². The Labute approximate surface area is 350 Å². The first-order chi connectivity index (χ1) is 29.3. The fraction of sp³-hybridized carbons (Fsp3) is 0.103. The third kappa shape index (κ3) is 4.43. The molecular weight excluding hydrogens is 727 g/mol. The van der Waals surface area contributed by atoms with Crippen LogP contribution in [0.1, 0.15) is 49.9 Å². The minimum Gasteiger partial charge on any atom is -0.456 e. The highest BCUT2D eigenvalue weighted by Crippen LogP contribution is 2.56. The van der Waals surface area contributed by atoms with Crippen LogP contribution in [0.2, 0.25) is 0 Å². The summed E-state index contributed by atoms with van der Waals surface area (Å²) in [4.78, 5) is 2.50. The molecule has 2 nitrogen and oxygen atoms in total. The van der Waals surface area contributed by atoms with Crippen LogP contribution in [0.4, 0.5) is 17.1 Å². The minimum absolute atomic E-state index is 0.123. The highest BCUT2D eigenvalue weighted by Gasteiger charge is 2.39. The van der Waals surface area contributed by atoms with E-state index in [9.17, 15) is 0 Å². The zero-order chi connectivity index (χ0) is 40.1. The van der Waals surface area contributed by atoms with E-state index >= 15 is 0 Å². The Morgan fingerprint density at radius 3 is 1.78 bits per heavy atom. The summed E-state index contributed by atoms with van der Waals surface area (Å²) in [7, 11) is 0. The lowest BCUT2D eigenvalue weighted by Crippen LogP contribution is -2.17. The lowest BCUT2D eigenvalue weighted by Gasteiger charge is -2.30. The summed E-state index contributed by atoms with van der Waals surface area (Å²) < 4.78 is 6.61. The summed E-state index contributed by atoms with van der Waals surface area (Å²) in [5.41, 5.74) is 23.3. The van der Waals surface area contributed by atoms with Crippen molar-refractivity contribution in [2.24, 2.45) is 0 Å². The highest BCUT2D eigenvalue weighted by atomic mass is 16.3. The number of rotatable bonds is 4. The molecule has 0 aliphatic heterocycles. The molecule has 3 aliphatic rings. The predicted molar refractivity (Wildman–Crippen MR) is 251 cm³/mol. The maximum atomic E-state index is 6.61. The summed E-state index contributed by atoms with van der Waals surface area (Å²) in [5, 5.41) is 4.84. The van der Waals surface area contributed by atoms with Crippen LogP contribution in [0, 0.1) is 0 Å². The zero-order valence-electron chi connectivity index (χ0n) is 34.1. The Balaban J connectivity index is 1.02. The monoisotopic (exact) mass is 767 g/mol. The minimum atomic E-state index is -0.131. The van der Waals surface area contributed by atoms with E-state index < -0.39 is 0 Å². The molecule has 3 aliphatic carbocycles. The summed E-state index contributed by atoms with van der Waals surface area (Å²) in [6.45, 7) is 9.46. The van der Waals surface area contributed by atoms with E-state index in [-0.39, 0.29) is 10.8 Å².